The highest BCUT2D eigenvalue weighted by molar-refractivity contribution is 5.83. The Morgan fingerprint density at radius 2 is 1.82 bits per heavy atom. The number of rotatable bonds is 7. The van der Waals surface area contributed by atoms with Crippen LogP contribution in [0.4, 0.5) is 0 Å². The van der Waals surface area contributed by atoms with Crippen LogP contribution in [0.2, 0.25) is 0 Å². The molecule has 0 unspecified atom stereocenters. The number of aromatic nitrogens is 3. The Kier molecular flexibility index (Phi) is 6.62. The lowest BCUT2D eigenvalue weighted by Gasteiger charge is -2.28. The zero-order valence-electron chi connectivity index (χ0n) is 19.2. The summed E-state index contributed by atoms with van der Waals surface area (Å²) in [6.07, 6.45) is 5.19. The molecule has 0 amide bonds. The smallest absolute Gasteiger partial charge is 0.331 e. The molecule has 8 heteroatoms. The first-order chi connectivity index (χ1) is 15.9. The summed E-state index contributed by atoms with van der Waals surface area (Å²) in [6, 6.07) is 8.78. The molecule has 0 N–H and O–H groups in total. The molecule has 1 aliphatic carbocycles. The zero-order valence-corrected chi connectivity index (χ0v) is 19.2. The van der Waals surface area contributed by atoms with Crippen LogP contribution >= 0.6 is 0 Å². The van der Waals surface area contributed by atoms with E-state index in [-0.39, 0.29) is 28.9 Å². The molecule has 1 aliphatic rings. The largest absolute Gasteiger partial charge is 0.497 e. The number of carbonyl (C=O) groups excluding carboxylic acids is 1. The maximum absolute atomic E-state index is 13.1. The molecule has 0 bridgehead atoms. The molecule has 4 rings (SSSR count). The van der Waals surface area contributed by atoms with Gasteiger partial charge in [0, 0.05) is 38.2 Å². The van der Waals surface area contributed by atoms with Crippen molar-refractivity contribution in [1.82, 2.24) is 14.1 Å². The average Bonchev–Trinajstić information content (AvgIpc) is 2.85. The van der Waals surface area contributed by atoms with E-state index < -0.39 is 0 Å². The molecule has 33 heavy (non-hydrogen) atoms. The molecule has 1 fully saturated rings. The molecule has 0 radical (unpaired) electrons. The quantitative estimate of drug-likeness (QED) is 0.549. The predicted molar refractivity (Wildman–Crippen MR) is 125 cm³/mol. The Bertz CT molecular complexity index is 1270. The van der Waals surface area contributed by atoms with Gasteiger partial charge in [-0.2, -0.15) is 0 Å². The van der Waals surface area contributed by atoms with Gasteiger partial charge in [-0.05, 0) is 55.4 Å². The van der Waals surface area contributed by atoms with Gasteiger partial charge in [0.2, 0.25) is 5.88 Å². The number of aryl methyl sites for hydroxylation is 1. The van der Waals surface area contributed by atoms with Crippen molar-refractivity contribution in [3.63, 3.8) is 0 Å². The summed E-state index contributed by atoms with van der Waals surface area (Å²) in [4.78, 5) is 42.9. The Morgan fingerprint density at radius 1 is 1.06 bits per heavy atom. The third kappa shape index (κ3) is 4.69. The minimum absolute atomic E-state index is 0.00349. The maximum Gasteiger partial charge on any atom is 0.331 e. The van der Waals surface area contributed by atoms with Crippen molar-refractivity contribution in [1.29, 1.82) is 0 Å². The van der Waals surface area contributed by atoms with Crippen LogP contribution in [-0.4, -0.2) is 34.1 Å². The second kappa shape index (κ2) is 9.60. The van der Waals surface area contributed by atoms with E-state index in [2.05, 4.69) is 4.98 Å². The van der Waals surface area contributed by atoms with E-state index in [1.807, 2.05) is 6.07 Å². The highest BCUT2D eigenvalue weighted by Crippen LogP contribution is 2.31. The fourth-order valence-electron chi connectivity index (χ4n) is 4.69. The van der Waals surface area contributed by atoms with E-state index in [1.54, 1.807) is 51.7 Å². The van der Waals surface area contributed by atoms with Gasteiger partial charge in [-0.1, -0.05) is 6.07 Å². The number of carbonyl (C=O) groups is 1. The van der Waals surface area contributed by atoms with Gasteiger partial charge in [0.15, 0.2) is 0 Å². The maximum atomic E-state index is 13.1. The van der Waals surface area contributed by atoms with Gasteiger partial charge in [-0.15, -0.1) is 0 Å². The summed E-state index contributed by atoms with van der Waals surface area (Å²) in [5.41, 5.74) is 0.856. The Labute approximate surface area is 191 Å². The van der Waals surface area contributed by atoms with Crippen LogP contribution in [0, 0.1) is 11.8 Å². The third-order valence-electron chi connectivity index (χ3n) is 6.69. The molecule has 3 aromatic rings. The highest BCUT2D eigenvalue weighted by Gasteiger charge is 2.27. The Morgan fingerprint density at radius 3 is 2.45 bits per heavy atom. The Hall–Kier alpha value is -3.42. The van der Waals surface area contributed by atoms with Gasteiger partial charge in [0.1, 0.15) is 11.5 Å². The SMILES string of the molecule is COc1ccc2c(c1)c(=O)n(CC1CCC(C(=O)Cc3ccc(OC)nc3)CC1)c(=O)n2C. The first-order valence-corrected chi connectivity index (χ1v) is 11.2. The minimum Gasteiger partial charge on any atom is -0.497 e. The third-order valence-corrected chi connectivity index (χ3v) is 6.69. The number of pyridine rings is 1. The lowest BCUT2D eigenvalue weighted by atomic mass is 9.79. The van der Waals surface area contributed by atoms with Crippen molar-refractivity contribution in [3.05, 3.63) is 62.9 Å². The van der Waals surface area contributed by atoms with Gasteiger partial charge in [-0.3, -0.25) is 18.7 Å². The lowest BCUT2D eigenvalue weighted by Crippen LogP contribution is -2.41. The number of methoxy groups -OCH3 is 2. The fourth-order valence-corrected chi connectivity index (χ4v) is 4.69. The van der Waals surface area contributed by atoms with Crippen LogP contribution in [0.25, 0.3) is 10.9 Å². The Balaban J connectivity index is 1.44. The van der Waals surface area contributed by atoms with Crippen LogP contribution in [0.15, 0.2) is 46.1 Å². The van der Waals surface area contributed by atoms with Crippen LogP contribution in [0.1, 0.15) is 31.2 Å². The van der Waals surface area contributed by atoms with Crippen molar-refractivity contribution in [2.24, 2.45) is 18.9 Å². The van der Waals surface area contributed by atoms with Crippen molar-refractivity contribution >= 4 is 16.7 Å². The summed E-state index contributed by atoms with van der Waals surface area (Å²) < 4.78 is 13.1. The number of Topliss-reactive ketones (excluding diaryl/α,β-unsaturated/α-hetero) is 1. The molecule has 8 nitrogen and oxygen atoms in total. The van der Waals surface area contributed by atoms with Crippen molar-refractivity contribution in [3.8, 4) is 11.6 Å². The summed E-state index contributed by atoms with van der Waals surface area (Å²) in [6.45, 7) is 0.363. The number of ketones is 1. The first kappa shape index (κ1) is 22.8. The van der Waals surface area contributed by atoms with Gasteiger partial charge in [-0.25, -0.2) is 9.78 Å². The molecule has 2 aromatic heterocycles. The highest BCUT2D eigenvalue weighted by atomic mass is 16.5. The normalized spacial score (nSPS) is 18.3. The van der Waals surface area contributed by atoms with E-state index in [1.165, 1.54) is 9.13 Å². The van der Waals surface area contributed by atoms with Gasteiger partial charge < -0.3 is 9.47 Å². The molecule has 0 saturated heterocycles. The number of benzene rings is 1. The molecule has 2 heterocycles. The summed E-state index contributed by atoms with van der Waals surface area (Å²) in [5, 5.41) is 0.466. The number of ether oxygens (including phenoxy) is 2. The number of hydrogen-bond acceptors (Lipinski definition) is 6. The second-order valence-electron chi connectivity index (χ2n) is 8.71. The number of nitrogens with zero attached hydrogens (tertiary/aromatic N) is 3. The van der Waals surface area contributed by atoms with E-state index >= 15 is 0 Å². The van der Waals surface area contributed by atoms with Gasteiger partial charge in [0.05, 0.1) is 25.1 Å². The summed E-state index contributed by atoms with van der Waals surface area (Å²) in [7, 11) is 4.79. The van der Waals surface area contributed by atoms with E-state index in [4.69, 9.17) is 9.47 Å². The van der Waals surface area contributed by atoms with E-state index in [0.717, 1.165) is 31.2 Å². The molecule has 0 spiro atoms. The van der Waals surface area contributed by atoms with Crippen LogP contribution < -0.4 is 20.7 Å². The molecule has 0 aliphatic heterocycles. The van der Waals surface area contributed by atoms with Crippen LogP contribution in [-0.2, 0) is 24.8 Å². The van der Waals surface area contributed by atoms with Crippen molar-refractivity contribution in [2.75, 3.05) is 14.2 Å². The first-order valence-electron chi connectivity index (χ1n) is 11.2. The van der Waals surface area contributed by atoms with Gasteiger partial charge >= 0.3 is 5.69 Å². The summed E-state index contributed by atoms with van der Waals surface area (Å²) in [5.74, 6) is 1.51. The molecular weight excluding hydrogens is 422 g/mol. The molecule has 174 valence electrons. The van der Waals surface area contributed by atoms with Crippen molar-refractivity contribution in [2.45, 2.75) is 38.6 Å². The molecule has 0 atom stereocenters. The van der Waals surface area contributed by atoms with Gasteiger partial charge in [0.25, 0.3) is 5.56 Å². The lowest BCUT2D eigenvalue weighted by molar-refractivity contribution is -0.123. The molecular formula is C25H29N3O5. The predicted octanol–water partition coefficient (Wildman–Crippen LogP) is 2.73. The van der Waals surface area contributed by atoms with E-state index in [0.29, 0.717) is 35.5 Å². The van der Waals surface area contributed by atoms with Crippen molar-refractivity contribution < 1.29 is 14.3 Å². The summed E-state index contributed by atoms with van der Waals surface area (Å²) >= 11 is 0. The average molecular weight is 452 g/mol. The monoisotopic (exact) mass is 451 g/mol. The molecule has 1 saturated carbocycles. The fraction of sp³-hybridized carbons (Fsp3) is 0.440. The molecule has 1 aromatic carbocycles. The van der Waals surface area contributed by atoms with Crippen LogP contribution in [0.5, 0.6) is 11.6 Å². The van der Waals surface area contributed by atoms with E-state index in [9.17, 15) is 14.4 Å². The standard InChI is InChI=1S/C25H29N3O5/c1-27-21-10-9-19(32-2)13-20(21)24(30)28(25(27)31)15-16-4-7-18(8-5-16)22(29)12-17-6-11-23(33-3)26-14-17/h6,9-11,13-14,16,18H,4-5,7-8,12,15H2,1-3H3. The zero-order chi connectivity index (χ0) is 23.5. The van der Waals surface area contributed by atoms with Crippen LogP contribution in [0.3, 0.4) is 0 Å². The topological polar surface area (TPSA) is 92.4 Å². The minimum atomic E-state index is -0.317. The second-order valence-corrected chi connectivity index (χ2v) is 8.71. The number of fused-ring (bicyclic) bond motifs is 1. The number of hydrogen-bond donors (Lipinski definition) is 0.